The molecule has 18 heavy (non-hydrogen) atoms. The maximum absolute atomic E-state index is 11.8. The fourth-order valence-electron chi connectivity index (χ4n) is 1.49. The number of ether oxygens (including phenoxy) is 2. The van der Waals surface area contributed by atoms with Gasteiger partial charge in [0.25, 0.3) is 0 Å². The lowest BCUT2D eigenvalue weighted by atomic mass is 10.2. The molecule has 0 aromatic heterocycles. The molecule has 1 aliphatic rings. The van der Waals surface area contributed by atoms with Crippen LogP contribution in [0.15, 0.2) is 0 Å². The molecule has 1 rings (SSSR count). The van der Waals surface area contributed by atoms with Crippen molar-refractivity contribution in [3.8, 4) is 0 Å². The van der Waals surface area contributed by atoms with E-state index in [1.807, 2.05) is 20.8 Å². The van der Waals surface area contributed by atoms with Gasteiger partial charge in [0, 0.05) is 6.54 Å². The van der Waals surface area contributed by atoms with Crippen molar-refractivity contribution in [1.82, 2.24) is 10.4 Å². The molecule has 104 valence electrons. The van der Waals surface area contributed by atoms with E-state index < -0.39 is 5.60 Å². The first-order valence-corrected chi connectivity index (χ1v) is 5.83. The van der Waals surface area contributed by atoms with Gasteiger partial charge in [0.05, 0.1) is 13.2 Å². The molecule has 0 bridgehead atoms. The lowest BCUT2D eigenvalue weighted by Gasteiger charge is -2.33. The average molecular weight is 260 g/mol. The molecular weight excluding hydrogens is 240 g/mol. The molecule has 0 aromatic carbocycles. The van der Waals surface area contributed by atoms with Crippen molar-refractivity contribution in [2.75, 3.05) is 26.3 Å². The highest BCUT2D eigenvalue weighted by atomic mass is 16.7. The molecular formula is C11H20N2O5. The highest BCUT2D eigenvalue weighted by Gasteiger charge is 2.28. The van der Waals surface area contributed by atoms with E-state index in [2.05, 4.69) is 5.48 Å². The van der Waals surface area contributed by atoms with E-state index in [0.29, 0.717) is 26.1 Å². The van der Waals surface area contributed by atoms with Crippen LogP contribution >= 0.6 is 0 Å². The number of nitrogens with zero attached hydrogens (tertiary/aromatic N) is 1. The van der Waals surface area contributed by atoms with Gasteiger partial charge in [-0.05, 0) is 20.8 Å². The predicted octanol–water partition coefficient (Wildman–Crippen LogP) is 0.300. The summed E-state index contributed by atoms with van der Waals surface area (Å²) in [6.45, 7) is 6.95. The Hall–Kier alpha value is -1.34. The number of nitrogens with one attached hydrogen (secondary N) is 1. The molecule has 2 amide bonds. The third kappa shape index (κ3) is 5.33. The quantitative estimate of drug-likeness (QED) is 0.447. The second-order valence-electron chi connectivity index (χ2n) is 4.97. The van der Waals surface area contributed by atoms with E-state index in [1.54, 1.807) is 4.90 Å². The molecule has 7 nitrogen and oxygen atoms in total. The van der Waals surface area contributed by atoms with Crippen LogP contribution in [0.25, 0.3) is 0 Å². The number of hydroxylamine groups is 1. The van der Waals surface area contributed by atoms with Crippen LogP contribution in [0.2, 0.25) is 0 Å². The molecule has 1 atom stereocenters. The number of hydrogen-bond donors (Lipinski definition) is 1. The Balaban J connectivity index is 2.38. The fraction of sp³-hybridized carbons (Fsp3) is 0.818. The fourth-order valence-corrected chi connectivity index (χ4v) is 1.49. The van der Waals surface area contributed by atoms with Gasteiger partial charge in [-0.1, -0.05) is 0 Å². The molecule has 1 saturated heterocycles. The standard InChI is InChI=1S/C11H20N2O5/c1-11(2,3)18-10(15)13-4-5-16-9(6-13)7-17-12-8-14/h8-9H,4-7H2,1-3H3,(H,12,14). The molecule has 1 aliphatic heterocycles. The van der Waals surface area contributed by atoms with Gasteiger partial charge >= 0.3 is 6.09 Å². The van der Waals surface area contributed by atoms with Crippen LogP contribution in [-0.2, 0) is 19.1 Å². The lowest BCUT2D eigenvalue weighted by Crippen LogP contribution is -2.49. The number of carbonyl (C=O) groups excluding carboxylic acids is 2. The minimum atomic E-state index is -0.513. The first-order chi connectivity index (χ1) is 8.42. The van der Waals surface area contributed by atoms with Crippen LogP contribution < -0.4 is 5.48 Å². The summed E-state index contributed by atoms with van der Waals surface area (Å²) in [5.41, 5.74) is 1.57. The Kier molecular flexibility index (Phi) is 5.36. The van der Waals surface area contributed by atoms with E-state index in [1.165, 1.54) is 0 Å². The molecule has 0 aliphatic carbocycles. The van der Waals surface area contributed by atoms with E-state index >= 15 is 0 Å². The van der Waals surface area contributed by atoms with E-state index in [4.69, 9.17) is 14.3 Å². The summed E-state index contributed by atoms with van der Waals surface area (Å²) < 4.78 is 10.7. The topological polar surface area (TPSA) is 77.1 Å². The zero-order valence-corrected chi connectivity index (χ0v) is 11.0. The van der Waals surface area contributed by atoms with Crippen molar-refractivity contribution < 1.29 is 23.9 Å². The SMILES string of the molecule is CC(C)(C)OC(=O)N1CCOC(CONC=O)C1. The zero-order chi connectivity index (χ0) is 13.6. The highest BCUT2D eigenvalue weighted by molar-refractivity contribution is 5.68. The van der Waals surface area contributed by atoms with Gasteiger partial charge in [0.15, 0.2) is 0 Å². The van der Waals surface area contributed by atoms with Crippen LogP contribution in [0.5, 0.6) is 0 Å². The van der Waals surface area contributed by atoms with Gasteiger partial charge in [-0.3, -0.25) is 9.63 Å². The molecule has 0 saturated carbocycles. The largest absolute Gasteiger partial charge is 0.444 e. The monoisotopic (exact) mass is 260 g/mol. The summed E-state index contributed by atoms with van der Waals surface area (Å²) in [6.07, 6.45) is -0.188. The Labute approximate surface area is 106 Å². The Morgan fingerprint density at radius 2 is 2.28 bits per heavy atom. The Bertz CT molecular complexity index is 290. The normalized spacial score (nSPS) is 20.4. The number of rotatable bonds is 4. The van der Waals surface area contributed by atoms with Gasteiger partial charge in [-0.2, -0.15) is 0 Å². The number of hydrogen-bond acceptors (Lipinski definition) is 5. The molecule has 0 radical (unpaired) electrons. The third-order valence-corrected chi connectivity index (χ3v) is 2.19. The summed E-state index contributed by atoms with van der Waals surface area (Å²) in [4.78, 5) is 28.2. The molecule has 1 fully saturated rings. The minimum Gasteiger partial charge on any atom is -0.444 e. The highest BCUT2D eigenvalue weighted by Crippen LogP contribution is 2.13. The maximum Gasteiger partial charge on any atom is 0.410 e. The van der Waals surface area contributed by atoms with Crippen LogP contribution in [0.1, 0.15) is 20.8 Å². The maximum atomic E-state index is 11.8. The third-order valence-electron chi connectivity index (χ3n) is 2.19. The summed E-state index contributed by atoms with van der Waals surface area (Å²) >= 11 is 0. The molecule has 7 heteroatoms. The summed E-state index contributed by atoms with van der Waals surface area (Å²) in [7, 11) is 0. The van der Waals surface area contributed by atoms with Crippen molar-refractivity contribution in [3.05, 3.63) is 0 Å². The van der Waals surface area contributed by atoms with Gasteiger partial charge in [-0.25, -0.2) is 10.3 Å². The van der Waals surface area contributed by atoms with Gasteiger partial charge in [-0.15, -0.1) is 0 Å². The molecule has 0 aromatic rings. The number of morpholine rings is 1. The second kappa shape index (κ2) is 6.55. The molecule has 1 unspecified atom stereocenters. The van der Waals surface area contributed by atoms with Crippen molar-refractivity contribution in [2.45, 2.75) is 32.5 Å². The van der Waals surface area contributed by atoms with Gasteiger partial charge in [0.1, 0.15) is 18.3 Å². The molecule has 1 heterocycles. The van der Waals surface area contributed by atoms with Crippen LogP contribution in [0.4, 0.5) is 4.79 Å². The summed E-state index contributed by atoms with van der Waals surface area (Å²) in [5, 5.41) is 0. The van der Waals surface area contributed by atoms with Gasteiger partial charge < -0.3 is 14.4 Å². The smallest absolute Gasteiger partial charge is 0.410 e. The number of carbonyl (C=O) groups is 2. The van der Waals surface area contributed by atoms with E-state index in [0.717, 1.165) is 0 Å². The molecule has 1 N–H and O–H groups in total. The van der Waals surface area contributed by atoms with Crippen LogP contribution in [-0.4, -0.2) is 55.4 Å². The predicted molar refractivity (Wildman–Crippen MR) is 62.7 cm³/mol. The van der Waals surface area contributed by atoms with Crippen LogP contribution in [0, 0.1) is 0 Å². The first-order valence-electron chi connectivity index (χ1n) is 5.83. The second-order valence-corrected chi connectivity index (χ2v) is 4.97. The van der Waals surface area contributed by atoms with E-state index in [9.17, 15) is 9.59 Å². The van der Waals surface area contributed by atoms with E-state index in [-0.39, 0.29) is 18.8 Å². The van der Waals surface area contributed by atoms with Crippen molar-refractivity contribution in [1.29, 1.82) is 0 Å². The average Bonchev–Trinajstić information content (AvgIpc) is 2.27. The summed E-state index contributed by atoms with van der Waals surface area (Å²) in [6, 6.07) is 0. The van der Waals surface area contributed by atoms with Crippen LogP contribution in [0.3, 0.4) is 0 Å². The Morgan fingerprint density at radius 1 is 1.56 bits per heavy atom. The first kappa shape index (κ1) is 14.7. The summed E-state index contributed by atoms with van der Waals surface area (Å²) in [5.74, 6) is 0. The van der Waals surface area contributed by atoms with Crippen molar-refractivity contribution in [2.24, 2.45) is 0 Å². The zero-order valence-electron chi connectivity index (χ0n) is 11.0. The van der Waals surface area contributed by atoms with Crippen molar-refractivity contribution in [3.63, 3.8) is 0 Å². The molecule has 0 spiro atoms. The Morgan fingerprint density at radius 3 is 2.89 bits per heavy atom. The van der Waals surface area contributed by atoms with Crippen molar-refractivity contribution >= 4 is 12.5 Å². The lowest BCUT2D eigenvalue weighted by molar-refractivity contribution is -0.128. The minimum absolute atomic E-state index is 0.192. The van der Waals surface area contributed by atoms with Gasteiger partial charge in [0.2, 0.25) is 6.41 Å². The number of amides is 2.